The standard InChI is InChI=1S/C13H16O3/c1-3-4-12(13(15)16)11-7-5-10(6-8-11)9(2)14/h5-8,12H,3-4H2,1-2H3,(H,15,16). The summed E-state index contributed by atoms with van der Waals surface area (Å²) in [6.07, 6.45) is 1.44. The fraction of sp³-hybridized carbons (Fsp3) is 0.385. The van der Waals surface area contributed by atoms with Crippen molar-refractivity contribution < 1.29 is 14.7 Å². The van der Waals surface area contributed by atoms with Gasteiger partial charge in [-0.3, -0.25) is 9.59 Å². The molecule has 1 atom stereocenters. The van der Waals surface area contributed by atoms with Crippen LogP contribution in [0.25, 0.3) is 0 Å². The van der Waals surface area contributed by atoms with Crippen molar-refractivity contribution in [2.24, 2.45) is 0 Å². The van der Waals surface area contributed by atoms with E-state index < -0.39 is 11.9 Å². The molecular weight excluding hydrogens is 204 g/mol. The second kappa shape index (κ2) is 5.45. The maximum Gasteiger partial charge on any atom is 0.310 e. The van der Waals surface area contributed by atoms with Crippen molar-refractivity contribution in [2.75, 3.05) is 0 Å². The normalized spacial score (nSPS) is 12.1. The lowest BCUT2D eigenvalue weighted by Gasteiger charge is -2.11. The van der Waals surface area contributed by atoms with Crippen molar-refractivity contribution in [3.05, 3.63) is 35.4 Å². The van der Waals surface area contributed by atoms with Crippen LogP contribution in [0.15, 0.2) is 24.3 Å². The van der Waals surface area contributed by atoms with Crippen LogP contribution in [0, 0.1) is 0 Å². The summed E-state index contributed by atoms with van der Waals surface area (Å²) in [6, 6.07) is 6.82. The second-order valence-electron chi connectivity index (χ2n) is 3.86. The van der Waals surface area contributed by atoms with Crippen molar-refractivity contribution in [1.29, 1.82) is 0 Å². The number of carbonyl (C=O) groups excluding carboxylic acids is 1. The van der Waals surface area contributed by atoms with Crippen LogP contribution in [0.1, 0.15) is 48.5 Å². The van der Waals surface area contributed by atoms with Crippen molar-refractivity contribution in [2.45, 2.75) is 32.6 Å². The van der Waals surface area contributed by atoms with Crippen LogP contribution >= 0.6 is 0 Å². The molecule has 0 aliphatic carbocycles. The van der Waals surface area contributed by atoms with E-state index in [0.717, 1.165) is 12.0 Å². The molecule has 0 bridgehead atoms. The van der Waals surface area contributed by atoms with Gasteiger partial charge in [-0.2, -0.15) is 0 Å². The molecular formula is C13H16O3. The zero-order chi connectivity index (χ0) is 12.1. The minimum atomic E-state index is -0.808. The zero-order valence-corrected chi connectivity index (χ0v) is 9.56. The van der Waals surface area contributed by atoms with Crippen molar-refractivity contribution >= 4 is 11.8 Å². The first-order valence-electron chi connectivity index (χ1n) is 5.40. The van der Waals surface area contributed by atoms with Gasteiger partial charge in [-0.05, 0) is 18.9 Å². The Bertz CT molecular complexity index is 379. The van der Waals surface area contributed by atoms with Gasteiger partial charge in [0.25, 0.3) is 0 Å². The van der Waals surface area contributed by atoms with Crippen LogP contribution in [0.2, 0.25) is 0 Å². The summed E-state index contributed by atoms with van der Waals surface area (Å²) in [5.74, 6) is -1.28. The molecule has 0 saturated heterocycles. The Balaban J connectivity index is 2.94. The highest BCUT2D eigenvalue weighted by molar-refractivity contribution is 5.94. The first-order chi connectivity index (χ1) is 7.56. The molecule has 1 aromatic rings. The van der Waals surface area contributed by atoms with Crippen LogP contribution in [0.3, 0.4) is 0 Å². The fourth-order valence-corrected chi connectivity index (χ4v) is 1.67. The zero-order valence-electron chi connectivity index (χ0n) is 9.56. The van der Waals surface area contributed by atoms with Gasteiger partial charge in [0.15, 0.2) is 5.78 Å². The molecule has 0 aliphatic heterocycles. The fourth-order valence-electron chi connectivity index (χ4n) is 1.67. The molecule has 0 spiro atoms. The lowest BCUT2D eigenvalue weighted by molar-refractivity contribution is -0.139. The third kappa shape index (κ3) is 2.92. The number of carboxylic acid groups (broad SMARTS) is 1. The van der Waals surface area contributed by atoms with Crippen molar-refractivity contribution in [1.82, 2.24) is 0 Å². The second-order valence-corrected chi connectivity index (χ2v) is 3.86. The number of Topliss-reactive ketones (excluding diaryl/α,β-unsaturated/α-hetero) is 1. The maximum absolute atomic E-state index is 11.1. The summed E-state index contributed by atoms with van der Waals surface area (Å²) >= 11 is 0. The van der Waals surface area contributed by atoms with Gasteiger partial charge in [-0.25, -0.2) is 0 Å². The minimum absolute atomic E-state index is 0.00563. The van der Waals surface area contributed by atoms with E-state index in [1.54, 1.807) is 24.3 Å². The van der Waals surface area contributed by atoms with Gasteiger partial charge in [0.2, 0.25) is 0 Å². The maximum atomic E-state index is 11.1. The Hall–Kier alpha value is -1.64. The van der Waals surface area contributed by atoms with E-state index in [0.29, 0.717) is 12.0 Å². The number of hydrogen-bond donors (Lipinski definition) is 1. The SMILES string of the molecule is CCCC(C(=O)O)c1ccc(C(C)=O)cc1. The monoisotopic (exact) mass is 220 g/mol. The van der Waals surface area contributed by atoms with Gasteiger partial charge in [-0.15, -0.1) is 0 Å². The highest BCUT2D eigenvalue weighted by Gasteiger charge is 2.18. The predicted molar refractivity (Wildman–Crippen MR) is 61.7 cm³/mol. The number of carbonyl (C=O) groups is 2. The summed E-state index contributed by atoms with van der Waals surface area (Å²) in [5, 5.41) is 9.07. The smallest absolute Gasteiger partial charge is 0.310 e. The minimum Gasteiger partial charge on any atom is -0.481 e. The third-order valence-corrected chi connectivity index (χ3v) is 2.60. The number of aliphatic carboxylic acids is 1. The molecule has 0 saturated carbocycles. The quantitative estimate of drug-likeness (QED) is 0.776. The topological polar surface area (TPSA) is 54.4 Å². The summed E-state index contributed by atoms with van der Waals surface area (Å²) in [4.78, 5) is 22.1. The molecule has 0 amide bonds. The molecule has 0 radical (unpaired) electrons. The molecule has 3 nitrogen and oxygen atoms in total. The number of carboxylic acids is 1. The number of rotatable bonds is 5. The van der Waals surface area contributed by atoms with Gasteiger partial charge in [-0.1, -0.05) is 37.6 Å². The van der Waals surface area contributed by atoms with E-state index in [1.807, 2.05) is 6.92 Å². The molecule has 0 aromatic heterocycles. The lowest BCUT2D eigenvalue weighted by Crippen LogP contribution is -2.11. The predicted octanol–water partition coefficient (Wildman–Crippen LogP) is 2.86. The number of hydrogen-bond acceptors (Lipinski definition) is 2. The van der Waals surface area contributed by atoms with Crippen LogP contribution < -0.4 is 0 Å². The molecule has 0 heterocycles. The Morgan fingerprint density at radius 3 is 2.19 bits per heavy atom. The van der Waals surface area contributed by atoms with E-state index in [4.69, 9.17) is 5.11 Å². The average Bonchev–Trinajstić information content (AvgIpc) is 2.25. The highest BCUT2D eigenvalue weighted by atomic mass is 16.4. The van der Waals surface area contributed by atoms with E-state index in [2.05, 4.69) is 0 Å². The summed E-state index contributed by atoms with van der Waals surface area (Å²) in [5.41, 5.74) is 1.38. The van der Waals surface area contributed by atoms with Crippen molar-refractivity contribution in [3.8, 4) is 0 Å². The first kappa shape index (κ1) is 12.4. The van der Waals surface area contributed by atoms with Crippen LogP contribution in [0.4, 0.5) is 0 Å². The van der Waals surface area contributed by atoms with Gasteiger partial charge in [0.1, 0.15) is 0 Å². The highest BCUT2D eigenvalue weighted by Crippen LogP contribution is 2.22. The van der Waals surface area contributed by atoms with Gasteiger partial charge < -0.3 is 5.11 Å². The molecule has 1 rings (SSSR count). The number of ketones is 1. The molecule has 1 unspecified atom stereocenters. The van der Waals surface area contributed by atoms with E-state index >= 15 is 0 Å². The Morgan fingerprint density at radius 2 is 1.81 bits per heavy atom. The Labute approximate surface area is 95.1 Å². The van der Waals surface area contributed by atoms with Crippen LogP contribution in [-0.2, 0) is 4.79 Å². The third-order valence-electron chi connectivity index (χ3n) is 2.60. The first-order valence-corrected chi connectivity index (χ1v) is 5.40. The van der Waals surface area contributed by atoms with E-state index in [1.165, 1.54) is 6.92 Å². The van der Waals surface area contributed by atoms with Gasteiger partial charge in [0.05, 0.1) is 5.92 Å². The summed E-state index contributed by atoms with van der Waals surface area (Å²) in [6.45, 7) is 3.45. The molecule has 1 aromatic carbocycles. The van der Waals surface area contributed by atoms with Crippen LogP contribution in [0.5, 0.6) is 0 Å². The number of benzene rings is 1. The molecule has 1 N–H and O–H groups in total. The van der Waals surface area contributed by atoms with Crippen molar-refractivity contribution in [3.63, 3.8) is 0 Å². The molecule has 16 heavy (non-hydrogen) atoms. The van der Waals surface area contributed by atoms with Gasteiger partial charge >= 0.3 is 5.97 Å². The molecule has 86 valence electrons. The van der Waals surface area contributed by atoms with E-state index in [9.17, 15) is 9.59 Å². The summed E-state index contributed by atoms with van der Waals surface area (Å²) in [7, 11) is 0. The average molecular weight is 220 g/mol. The largest absolute Gasteiger partial charge is 0.481 e. The molecule has 0 aliphatic rings. The van der Waals surface area contributed by atoms with Gasteiger partial charge in [0, 0.05) is 5.56 Å². The molecule has 3 heteroatoms. The molecule has 0 fully saturated rings. The van der Waals surface area contributed by atoms with Crippen LogP contribution in [-0.4, -0.2) is 16.9 Å². The van der Waals surface area contributed by atoms with E-state index in [-0.39, 0.29) is 5.78 Å². The summed E-state index contributed by atoms with van der Waals surface area (Å²) < 4.78 is 0. The lowest BCUT2D eigenvalue weighted by atomic mass is 9.93. The Morgan fingerprint density at radius 1 is 1.25 bits per heavy atom. The Kier molecular flexibility index (Phi) is 4.23.